The second kappa shape index (κ2) is 9.24. The van der Waals surface area contributed by atoms with Crippen LogP contribution >= 0.6 is 11.6 Å². The van der Waals surface area contributed by atoms with Gasteiger partial charge in [0, 0.05) is 32.5 Å². The van der Waals surface area contributed by atoms with Gasteiger partial charge in [-0.25, -0.2) is 4.98 Å². The summed E-state index contributed by atoms with van der Waals surface area (Å²) in [5, 5.41) is 6.37. The van der Waals surface area contributed by atoms with E-state index in [9.17, 15) is 0 Å². The van der Waals surface area contributed by atoms with E-state index in [1.165, 1.54) is 0 Å². The maximum Gasteiger partial charge on any atom is 0.226 e. The Labute approximate surface area is 250 Å². The van der Waals surface area contributed by atoms with Crippen molar-refractivity contribution >= 4 is 66.3 Å². The molecule has 0 aliphatic carbocycles. The van der Waals surface area contributed by atoms with Gasteiger partial charge in [0.1, 0.15) is 22.3 Å². The van der Waals surface area contributed by atoms with Crippen LogP contribution in [0.1, 0.15) is 0 Å². The Morgan fingerprint density at radius 1 is 0.465 bits per heavy atom. The summed E-state index contributed by atoms with van der Waals surface area (Å²) < 4.78 is 12.8. The van der Waals surface area contributed by atoms with Crippen molar-refractivity contribution in [2.75, 3.05) is 0 Å². The third kappa shape index (κ3) is 3.75. The molecule has 0 atom stereocenters. The number of hydrogen-bond donors (Lipinski definition) is 0. The third-order valence-corrected chi connectivity index (χ3v) is 8.25. The average molecular weight is 574 g/mol. The molecule has 6 aromatic carbocycles. The van der Waals surface area contributed by atoms with E-state index in [-0.39, 0.29) is 5.28 Å². The quantitative estimate of drug-likeness (QED) is 0.210. The van der Waals surface area contributed by atoms with Gasteiger partial charge in [0.25, 0.3) is 0 Å². The fraction of sp³-hybridized carbons (Fsp3) is 0. The molecule has 0 radical (unpaired) electrons. The van der Waals surface area contributed by atoms with E-state index in [0.29, 0.717) is 17.2 Å². The van der Waals surface area contributed by atoms with Crippen molar-refractivity contribution < 1.29 is 8.83 Å². The van der Waals surface area contributed by atoms with E-state index in [0.717, 1.165) is 71.3 Å². The number of benzene rings is 6. The predicted molar refractivity (Wildman–Crippen MR) is 173 cm³/mol. The van der Waals surface area contributed by atoms with Crippen molar-refractivity contribution in [1.82, 2.24) is 15.0 Å². The lowest BCUT2D eigenvalue weighted by molar-refractivity contribution is 0.669. The predicted octanol–water partition coefficient (Wildman–Crippen LogP) is 10.5. The van der Waals surface area contributed by atoms with Crippen LogP contribution in [0.4, 0.5) is 0 Å². The van der Waals surface area contributed by atoms with E-state index in [1.54, 1.807) is 0 Å². The number of rotatable bonds is 3. The maximum atomic E-state index is 6.54. The number of halogens is 1. The highest BCUT2D eigenvalue weighted by Crippen LogP contribution is 2.40. The average Bonchev–Trinajstić information content (AvgIpc) is 3.63. The Hall–Kier alpha value is -5.52. The van der Waals surface area contributed by atoms with Crippen molar-refractivity contribution in [2.45, 2.75) is 0 Å². The summed E-state index contributed by atoms with van der Waals surface area (Å²) in [6.07, 6.45) is 0. The van der Waals surface area contributed by atoms with E-state index >= 15 is 0 Å². The molecule has 0 spiro atoms. The highest BCUT2D eigenvalue weighted by atomic mass is 35.5. The lowest BCUT2D eigenvalue weighted by Crippen LogP contribution is -1.97. The topological polar surface area (TPSA) is 65.0 Å². The monoisotopic (exact) mass is 573 g/mol. The van der Waals surface area contributed by atoms with Crippen molar-refractivity contribution in [1.29, 1.82) is 0 Å². The van der Waals surface area contributed by atoms with Crippen LogP contribution in [-0.4, -0.2) is 15.0 Å². The standard InChI is InChI=1S/C37H20ClN3O2/c38-37-40-35(23-17-19-30-29(20-23)32-24(12-7-15-31(32)42-30)21-8-2-1-3-9-21)39-36(41-37)28-14-6-13-26-27-18-16-22-10-4-5-11-25(22)33(27)43-34(26)28/h1-20H. The zero-order valence-electron chi connectivity index (χ0n) is 22.6. The number of furan rings is 2. The van der Waals surface area contributed by atoms with E-state index in [2.05, 4.69) is 64.6 Å². The summed E-state index contributed by atoms with van der Waals surface area (Å²) in [6, 6.07) is 40.9. The SMILES string of the molecule is Clc1nc(-c2ccc3oc4cccc(-c5ccccc5)c4c3c2)nc(-c2cccc3c2oc2c4ccccc4ccc32)n1. The van der Waals surface area contributed by atoms with Gasteiger partial charge < -0.3 is 8.83 Å². The highest BCUT2D eigenvalue weighted by Gasteiger charge is 2.19. The summed E-state index contributed by atoms with van der Waals surface area (Å²) in [4.78, 5) is 14.0. The highest BCUT2D eigenvalue weighted by molar-refractivity contribution is 6.28. The Morgan fingerprint density at radius 2 is 1.23 bits per heavy atom. The van der Waals surface area contributed by atoms with E-state index in [4.69, 9.17) is 25.4 Å². The molecule has 0 bridgehead atoms. The minimum atomic E-state index is 0.112. The molecule has 0 aliphatic rings. The molecule has 3 heterocycles. The van der Waals surface area contributed by atoms with Gasteiger partial charge in [-0.15, -0.1) is 0 Å². The lowest BCUT2D eigenvalue weighted by atomic mass is 9.99. The molecule has 0 saturated heterocycles. The van der Waals surface area contributed by atoms with Crippen LogP contribution < -0.4 is 0 Å². The smallest absolute Gasteiger partial charge is 0.226 e. The molecule has 0 unspecified atom stereocenters. The molecule has 0 fully saturated rings. The molecular formula is C37H20ClN3O2. The van der Waals surface area contributed by atoms with Crippen molar-refractivity contribution in [3.63, 3.8) is 0 Å². The molecule has 9 aromatic rings. The Morgan fingerprint density at radius 3 is 2.16 bits per heavy atom. The van der Waals surface area contributed by atoms with Gasteiger partial charge >= 0.3 is 0 Å². The molecule has 9 rings (SSSR count). The summed E-state index contributed by atoms with van der Waals surface area (Å²) in [5.74, 6) is 0.924. The van der Waals surface area contributed by atoms with E-state index < -0.39 is 0 Å². The summed E-state index contributed by atoms with van der Waals surface area (Å²) in [7, 11) is 0. The first kappa shape index (κ1) is 24.1. The normalized spacial score (nSPS) is 11.8. The minimum absolute atomic E-state index is 0.112. The van der Waals surface area contributed by atoms with Gasteiger partial charge in [0.05, 0.1) is 5.56 Å². The molecular weight excluding hydrogens is 554 g/mol. The van der Waals surface area contributed by atoms with Gasteiger partial charge in [-0.05, 0) is 64.5 Å². The fourth-order valence-corrected chi connectivity index (χ4v) is 6.29. The van der Waals surface area contributed by atoms with Crippen LogP contribution in [0.25, 0.3) is 88.6 Å². The second-order valence-corrected chi connectivity index (χ2v) is 10.9. The van der Waals surface area contributed by atoms with Crippen LogP contribution in [0.3, 0.4) is 0 Å². The van der Waals surface area contributed by atoms with Crippen LogP contribution in [0.2, 0.25) is 5.28 Å². The molecule has 0 amide bonds. The van der Waals surface area contributed by atoms with Crippen LogP contribution in [0.5, 0.6) is 0 Å². The summed E-state index contributed by atoms with van der Waals surface area (Å²) in [6.45, 7) is 0. The van der Waals surface area contributed by atoms with Crippen molar-refractivity contribution in [2.24, 2.45) is 0 Å². The summed E-state index contributed by atoms with van der Waals surface area (Å²) >= 11 is 6.54. The minimum Gasteiger partial charge on any atom is -0.456 e. The first-order valence-electron chi connectivity index (χ1n) is 14.0. The van der Waals surface area contributed by atoms with Crippen LogP contribution in [0, 0.1) is 0 Å². The van der Waals surface area contributed by atoms with Crippen molar-refractivity contribution in [3.8, 4) is 33.9 Å². The second-order valence-electron chi connectivity index (χ2n) is 10.6. The fourth-order valence-electron chi connectivity index (χ4n) is 6.13. The van der Waals surface area contributed by atoms with Gasteiger partial charge in [-0.2, -0.15) is 9.97 Å². The Balaban J connectivity index is 1.23. The zero-order chi connectivity index (χ0) is 28.5. The Kier molecular flexibility index (Phi) is 5.18. The molecule has 0 N–H and O–H groups in total. The molecule has 0 aliphatic heterocycles. The van der Waals surface area contributed by atoms with Gasteiger partial charge in [0.15, 0.2) is 11.6 Å². The number of hydrogen-bond acceptors (Lipinski definition) is 5. The molecule has 43 heavy (non-hydrogen) atoms. The number of para-hydroxylation sites is 1. The summed E-state index contributed by atoms with van der Waals surface area (Å²) in [5.41, 5.74) is 6.97. The van der Waals surface area contributed by atoms with E-state index in [1.807, 2.05) is 66.7 Å². The molecule has 6 heteroatoms. The molecule has 0 saturated carbocycles. The zero-order valence-corrected chi connectivity index (χ0v) is 23.3. The molecule has 3 aromatic heterocycles. The Bertz CT molecular complexity index is 2530. The largest absolute Gasteiger partial charge is 0.456 e. The van der Waals surface area contributed by atoms with Crippen LogP contribution in [-0.2, 0) is 0 Å². The molecule has 5 nitrogen and oxygen atoms in total. The number of fused-ring (bicyclic) bond motifs is 8. The van der Waals surface area contributed by atoms with Gasteiger partial charge in [0.2, 0.25) is 5.28 Å². The third-order valence-electron chi connectivity index (χ3n) is 8.08. The van der Waals surface area contributed by atoms with Crippen LogP contribution in [0.15, 0.2) is 130 Å². The maximum absolute atomic E-state index is 6.54. The molecule has 202 valence electrons. The number of nitrogens with zero attached hydrogens (tertiary/aromatic N) is 3. The van der Waals surface area contributed by atoms with Gasteiger partial charge in [-0.3, -0.25) is 0 Å². The van der Waals surface area contributed by atoms with Gasteiger partial charge in [-0.1, -0.05) is 84.9 Å². The lowest BCUT2D eigenvalue weighted by Gasteiger charge is -2.06. The first-order valence-corrected chi connectivity index (χ1v) is 14.3. The number of aromatic nitrogens is 3. The first-order chi connectivity index (χ1) is 21.2. The van der Waals surface area contributed by atoms with Crippen molar-refractivity contribution in [3.05, 3.63) is 127 Å².